The summed E-state index contributed by atoms with van der Waals surface area (Å²) in [5, 5.41) is 12.7. The van der Waals surface area contributed by atoms with Gasteiger partial charge in [0.1, 0.15) is 0 Å². The molecule has 2 N–H and O–H groups in total. The SMILES string of the molecule is COC[C@H](O)CN1CCNCC1. The van der Waals surface area contributed by atoms with Crippen molar-refractivity contribution in [2.24, 2.45) is 0 Å². The molecule has 0 aromatic carbocycles. The van der Waals surface area contributed by atoms with Crippen LogP contribution < -0.4 is 5.32 Å². The fraction of sp³-hybridized carbons (Fsp3) is 1.00. The van der Waals surface area contributed by atoms with E-state index in [1.54, 1.807) is 7.11 Å². The van der Waals surface area contributed by atoms with E-state index in [1.165, 1.54) is 0 Å². The van der Waals surface area contributed by atoms with Crippen LogP contribution in [0.25, 0.3) is 0 Å². The van der Waals surface area contributed by atoms with E-state index in [1.807, 2.05) is 0 Å². The molecule has 0 spiro atoms. The summed E-state index contributed by atoms with van der Waals surface area (Å²) < 4.78 is 4.85. The average molecular weight is 174 g/mol. The molecular formula is C8H18N2O2. The van der Waals surface area contributed by atoms with Crippen molar-refractivity contribution in [1.29, 1.82) is 0 Å². The van der Waals surface area contributed by atoms with Crippen LogP contribution in [0.2, 0.25) is 0 Å². The highest BCUT2D eigenvalue weighted by Crippen LogP contribution is 1.95. The highest BCUT2D eigenvalue weighted by molar-refractivity contribution is 4.70. The van der Waals surface area contributed by atoms with E-state index in [0.29, 0.717) is 6.61 Å². The lowest BCUT2D eigenvalue weighted by Crippen LogP contribution is -2.46. The maximum atomic E-state index is 9.41. The standard InChI is InChI=1S/C8H18N2O2/c1-12-7-8(11)6-10-4-2-9-3-5-10/h8-9,11H,2-7H2,1H3/t8-/m1/s1. The Labute approximate surface area is 73.5 Å². The normalized spacial score (nSPS) is 22.5. The van der Waals surface area contributed by atoms with Crippen LogP contribution in [0.1, 0.15) is 0 Å². The minimum Gasteiger partial charge on any atom is -0.389 e. The minimum absolute atomic E-state index is 0.340. The molecule has 0 aliphatic carbocycles. The second-order valence-corrected chi connectivity index (χ2v) is 3.16. The zero-order valence-corrected chi connectivity index (χ0v) is 7.62. The van der Waals surface area contributed by atoms with E-state index in [0.717, 1.165) is 32.7 Å². The number of nitrogens with zero attached hydrogens (tertiary/aromatic N) is 1. The summed E-state index contributed by atoms with van der Waals surface area (Å²) in [6.45, 7) is 5.28. The molecule has 1 rings (SSSR count). The van der Waals surface area contributed by atoms with Crippen molar-refractivity contribution in [1.82, 2.24) is 10.2 Å². The zero-order chi connectivity index (χ0) is 8.81. The Kier molecular flexibility index (Phi) is 4.53. The second kappa shape index (κ2) is 5.48. The van der Waals surface area contributed by atoms with E-state index in [2.05, 4.69) is 10.2 Å². The van der Waals surface area contributed by atoms with E-state index in [-0.39, 0.29) is 6.10 Å². The number of β-amino-alcohol motifs (C(OH)–C–C–N with tert-alkyl or cyclic N) is 1. The highest BCUT2D eigenvalue weighted by Gasteiger charge is 2.13. The van der Waals surface area contributed by atoms with Crippen LogP contribution in [-0.2, 0) is 4.74 Å². The summed E-state index contributed by atoms with van der Waals surface area (Å²) >= 11 is 0. The molecule has 1 aliphatic rings. The third-order valence-corrected chi connectivity index (χ3v) is 2.04. The van der Waals surface area contributed by atoms with Gasteiger partial charge in [0.25, 0.3) is 0 Å². The molecule has 1 heterocycles. The van der Waals surface area contributed by atoms with Gasteiger partial charge in [-0.3, -0.25) is 4.90 Å². The third-order valence-electron chi connectivity index (χ3n) is 2.04. The maximum absolute atomic E-state index is 9.41. The number of nitrogens with one attached hydrogen (secondary N) is 1. The summed E-state index contributed by atoms with van der Waals surface area (Å²) in [6, 6.07) is 0. The molecule has 0 aromatic rings. The number of aliphatic hydroxyl groups excluding tert-OH is 1. The van der Waals surface area contributed by atoms with Gasteiger partial charge in [-0.05, 0) is 0 Å². The molecule has 0 bridgehead atoms. The summed E-state index contributed by atoms with van der Waals surface area (Å²) in [4.78, 5) is 2.25. The summed E-state index contributed by atoms with van der Waals surface area (Å²) in [5.74, 6) is 0. The quantitative estimate of drug-likeness (QED) is 0.568. The molecule has 12 heavy (non-hydrogen) atoms. The highest BCUT2D eigenvalue weighted by atomic mass is 16.5. The number of rotatable bonds is 4. The Morgan fingerprint density at radius 1 is 1.50 bits per heavy atom. The largest absolute Gasteiger partial charge is 0.389 e. The second-order valence-electron chi connectivity index (χ2n) is 3.16. The number of piperazine rings is 1. The van der Waals surface area contributed by atoms with Crippen LogP contribution in [0.5, 0.6) is 0 Å². The molecule has 1 aliphatic heterocycles. The number of hydrogen-bond donors (Lipinski definition) is 2. The number of hydrogen-bond acceptors (Lipinski definition) is 4. The van der Waals surface area contributed by atoms with Gasteiger partial charge in [0.05, 0.1) is 12.7 Å². The van der Waals surface area contributed by atoms with E-state index in [4.69, 9.17) is 4.74 Å². The van der Waals surface area contributed by atoms with E-state index >= 15 is 0 Å². The predicted octanol–water partition coefficient (Wildman–Crippen LogP) is -1.10. The van der Waals surface area contributed by atoms with Crippen molar-refractivity contribution in [2.75, 3.05) is 46.4 Å². The van der Waals surface area contributed by atoms with Crippen molar-refractivity contribution in [3.8, 4) is 0 Å². The Morgan fingerprint density at radius 3 is 2.75 bits per heavy atom. The molecule has 0 saturated carbocycles. The lowest BCUT2D eigenvalue weighted by Gasteiger charge is -2.28. The van der Waals surface area contributed by atoms with Gasteiger partial charge in [-0.15, -0.1) is 0 Å². The van der Waals surface area contributed by atoms with Crippen LogP contribution in [0.15, 0.2) is 0 Å². The Morgan fingerprint density at radius 2 is 2.17 bits per heavy atom. The summed E-state index contributed by atoms with van der Waals surface area (Å²) in [5.41, 5.74) is 0. The Hall–Kier alpha value is -0.160. The summed E-state index contributed by atoms with van der Waals surface area (Å²) in [7, 11) is 1.61. The molecule has 0 aromatic heterocycles. The Balaban J connectivity index is 2.11. The molecule has 1 saturated heterocycles. The van der Waals surface area contributed by atoms with Gasteiger partial charge in [0.2, 0.25) is 0 Å². The van der Waals surface area contributed by atoms with Crippen LogP contribution >= 0.6 is 0 Å². The van der Waals surface area contributed by atoms with Gasteiger partial charge < -0.3 is 15.2 Å². The first-order valence-corrected chi connectivity index (χ1v) is 4.43. The molecule has 1 fully saturated rings. The van der Waals surface area contributed by atoms with Gasteiger partial charge in [-0.1, -0.05) is 0 Å². The lowest BCUT2D eigenvalue weighted by molar-refractivity contribution is 0.0351. The number of aliphatic hydroxyl groups is 1. The Bertz CT molecular complexity index is 116. The van der Waals surface area contributed by atoms with E-state index in [9.17, 15) is 5.11 Å². The molecule has 0 unspecified atom stereocenters. The van der Waals surface area contributed by atoms with Crippen molar-refractivity contribution < 1.29 is 9.84 Å². The van der Waals surface area contributed by atoms with Crippen molar-refractivity contribution in [3.63, 3.8) is 0 Å². The molecule has 4 nitrogen and oxygen atoms in total. The maximum Gasteiger partial charge on any atom is 0.0900 e. The van der Waals surface area contributed by atoms with Gasteiger partial charge in [0, 0.05) is 39.8 Å². The lowest BCUT2D eigenvalue weighted by atomic mass is 10.3. The first kappa shape index (κ1) is 9.92. The third kappa shape index (κ3) is 3.49. The topological polar surface area (TPSA) is 44.7 Å². The summed E-state index contributed by atoms with van der Waals surface area (Å²) in [6.07, 6.45) is -0.340. The van der Waals surface area contributed by atoms with Gasteiger partial charge in [0.15, 0.2) is 0 Å². The van der Waals surface area contributed by atoms with Crippen molar-refractivity contribution in [2.45, 2.75) is 6.10 Å². The first-order chi connectivity index (χ1) is 5.83. The van der Waals surface area contributed by atoms with Crippen molar-refractivity contribution in [3.05, 3.63) is 0 Å². The smallest absolute Gasteiger partial charge is 0.0900 e. The zero-order valence-electron chi connectivity index (χ0n) is 7.62. The molecular weight excluding hydrogens is 156 g/mol. The first-order valence-electron chi connectivity index (χ1n) is 4.43. The predicted molar refractivity (Wildman–Crippen MR) is 47.2 cm³/mol. The van der Waals surface area contributed by atoms with Crippen LogP contribution in [0.4, 0.5) is 0 Å². The minimum atomic E-state index is -0.340. The fourth-order valence-corrected chi connectivity index (χ4v) is 1.44. The average Bonchev–Trinajstić information content (AvgIpc) is 2.06. The molecule has 0 radical (unpaired) electrons. The van der Waals surface area contributed by atoms with Gasteiger partial charge in [-0.25, -0.2) is 0 Å². The molecule has 1 atom stereocenters. The fourth-order valence-electron chi connectivity index (χ4n) is 1.44. The van der Waals surface area contributed by atoms with Gasteiger partial charge >= 0.3 is 0 Å². The van der Waals surface area contributed by atoms with Crippen LogP contribution in [-0.4, -0.2) is 62.6 Å². The molecule has 0 amide bonds. The van der Waals surface area contributed by atoms with Crippen LogP contribution in [0.3, 0.4) is 0 Å². The number of methoxy groups -OCH3 is 1. The van der Waals surface area contributed by atoms with E-state index < -0.39 is 0 Å². The number of ether oxygens (including phenoxy) is 1. The van der Waals surface area contributed by atoms with Gasteiger partial charge in [-0.2, -0.15) is 0 Å². The van der Waals surface area contributed by atoms with Crippen molar-refractivity contribution >= 4 is 0 Å². The molecule has 72 valence electrons. The monoisotopic (exact) mass is 174 g/mol. The van der Waals surface area contributed by atoms with Crippen LogP contribution in [0, 0.1) is 0 Å². The molecule has 4 heteroatoms.